The number of carbonyl (C=O) groups is 2. The van der Waals surface area contributed by atoms with Crippen molar-refractivity contribution in [3.8, 4) is 0 Å². The van der Waals surface area contributed by atoms with Crippen molar-refractivity contribution >= 4 is 11.9 Å². The molecule has 2 fully saturated rings. The molecule has 1 atom stereocenters. The number of amides is 1. The summed E-state index contributed by atoms with van der Waals surface area (Å²) in [6, 6.07) is 3.98. The topological polar surface area (TPSA) is 80.6 Å². The quantitative estimate of drug-likeness (QED) is 0.891. The molecule has 1 unspecified atom stereocenters. The minimum atomic E-state index is -0.750. The van der Waals surface area contributed by atoms with Gasteiger partial charge in [0.15, 0.2) is 0 Å². The lowest BCUT2D eigenvalue weighted by molar-refractivity contribution is -0.181. The van der Waals surface area contributed by atoms with Crippen LogP contribution in [0.1, 0.15) is 56.1 Å². The molecular weight excluding hydrogens is 296 g/mol. The summed E-state index contributed by atoms with van der Waals surface area (Å²) < 4.78 is 7.78. The number of hydrogen-bond acceptors (Lipinski definition) is 3. The fourth-order valence-corrected chi connectivity index (χ4v) is 3.74. The van der Waals surface area contributed by atoms with Crippen molar-refractivity contribution in [3.63, 3.8) is 0 Å². The van der Waals surface area contributed by atoms with Gasteiger partial charge in [-0.2, -0.15) is 0 Å². The van der Waals surface area contributed by atoms with Crippen LogP contribution in [0.25, 0.3) is 0 Å². The molecule has 0 bridgehead atoms. The van der Waals surface area contributed by atoms with Crippen LogP contribution in [-0.4, -0.2) is 39.8 Å². The van der Waals surface area contributed by atoms with Crippen molar-refractivity contribution in [3.05, 3.63) is 24.0 Å². The smallest absolute Gasteiger partial charge is 0.306 e. The summed E-state index contributed by atoms with van der Waals surface area (Å²) in [7, 11) is 0. The Morgan fingerprint density at radius 2 is 2.13 bits per heavy atom. The maximum absolute atomic E-state index is 12.5. The number of nitrogens with one attached hydrogen (secondary N) is 1. The van der Waals surface area contributed by atoms with E-state index >= 15 is 0 Å². The Labute approximate surface area is 135 Å². The lowest BCUT2D eigenvalue weighted by Crippen LogP contribution is -2.56. The van der Waals surface area contributed by atoms with Crippen molar-refractivity contribution in [1.29, 1.82) is 0 Å². The molecule has 2 heterocycles. The minimum Gasteiger partial charge on any atom is -0.481 e. The first-order valence-electron chi connectivity index (χ1n) is 8.25. The molecule has 1 saturated heterocycles. The van der Waals surface area contributed by atoms with Crippen molar-refractivity contribution in [1.82, 2.24) is 9.88 Å². The molecule has 2 N–H and O–H groups in total. The maximum Gasteiger partial charge on any atom is 0.306 e. The standard InChI is InChI=1S/C17H24N2O4/c1-11(2)19-6-3-4-14(19)15(20)18-13-5-7-23-17(10-13)8-12(9-17)16(21)22/h3-4,6,11-13H,5,7-10H2,1-2H3,(H,18,20)(H,21,22). The van der Waals surface area contributed by atoms with Gasteiger partial charge >= 0.3 is 5.97 Å². The van der Waals surface area contributed by atoms with Crippen LogP contribution in [0.5, 0.6) is 0 Å². The van der Waals surface area contributed by atoms with E-state index in [0.29, 0.717) is 31.6 Å². The Hall–Kier alpha value is -1.82. The fourth-order valence-electron chi connectivity index (χ4n) is 3.74. The van der Waals surface area contributed by atoms with Gasteiger partial charge in [0.1, 0.15) is 5.69 Å². The monoisotopic (exact) mass is 320 g/mol. The molecule has 23 heavy (non-hydrogen) atoms. The molecule has 0 aromatic carbocycles. The number of carbonyl (C=O) groups excluding carboxylic acids is 1. The zero-order valence-corrected chi connectivity index (χ0v) is 13.6. The van der Waals surface area contributed by atoms with Crippen molar-refractivity contribution in [2.24, 2.45) is 5.92 Å². The average molecular weight is 320 g/mol. The molecular formula is C17H24N2O4. The van der Waals surface area contributed by atoms with Gasteiger partial charge in [-0.1, -0.05) is 0 Å². The second-order valence-electron chi connectivity index (χ2n) is 7.03. The lowest BCUT2D eigenvalue weighted by atomic mass is 9.66. The van der Waals surface area contributed by atoms with E-state index in [-0.39, 0.29) is 29.5 Å². The number of carboxylic acid groups (broad SMARTS) is 1. The summed E-state index contributed by atoms with van der Waals surface area (Å²) in [4.78, 5) is 23.5. The summed E-state index contributed by atoms with van der Waals surface area (Å²) in [6.07, 6.45) is 4.49. The van der Waals surface area contributed by atoms with E-state index in [1.807, 2.05) is 36.7 Å². The van der Waals surface area contributed by atoms with E-state index in [1.165, 1.54) is 0 Å². The summed E-state index contributed by atoms with van der Waals surface area (Å²) in [5, 5.41) is 12.1. The van der Waals surface area contributed by atoms with Crippen LogP contribution in [0.4, 0.5) is 0 Å². The number of rotatable bonds is 4. The Balaban J connectivity index is 1.61. The highest BCUT2D eigenvalue weighted by Crippen LogP contribution is 2.46. The average Bonchev–Trinajstić information content (AvgIpc) is 2.94. The van der Waals surface area contributed by atoms with E-state index in [0.717, 1.165) is 6.42 Å². The van der Waals surface area contributed by atoms with Crippen LogP contribution in [0.15, 0.2) is 18.3 Å². The molecule has 1 aliphatic carbocycles. The van der Waals surface area contributed by atoms with Crippen LogP contribution in [0.2, 0.25) is 0 Å². The summed E-state index contributed by atoms with van der Waals surface area (Å²) in [5.74, 6) is -1.12. The second kappa shape index (κ2) is 6.00. The van der Waals surface area contributed by atoms with Crippen LogP contribution in [-0.2, 0) is 9.53 Å². The SMILES string of the molecule is CC(C)n1cccc1C(=O)NC1CCOC2(C1)CC(C(=O)O)C2. The van der Waals surface area contributed by atoms with Crippen LogP contribution in [0.3, 0.4) is 0 Å². The van der Waals surface area contributed by atoms with Gasteiger partial charge in [0.2, 0.25) is 0 Å². The zero-order valence-electron chi connectivity index (χ0n) is 13.6. The third-order valence-corrected chi connectivity index (χ3v) is 4.98. The molecule has 1 amide bonds. The first-order valence-corrected chi connectivity index (χ1v) is 8.25. The molecule has 2 aliphatic rings. The summed E-state index contributed by atoms with van der Waals surface area (Å²) in [5.41, 5.74) is 0.316. The normalized spacial score (nSPS) is 30.2. The fraction of sp³-hybridized carbons (Fsp3) is 0.647. The molecule has 3 rings (SSSR count). The van der Waals surface area contributed by atoms with Crippen molar-refractivity contribution in [2.75, 3.05) is 6.61 Å². The molecule has 1 aromatic heterocycles. The number of aromatic nitrogens is 1. The summed E-state index contributed by atoms with van der Waals surface area (Å²) >= 11 is 0. The molecule has 1 saturated carbocycles. The lowest BCUT2D eigenvalue weighted by Gasteiger charge is -2.50. The predicted octanol–water partition coefficient (Wildman–Crippen LogP) is 2.21. The van der Waals surface area contributed by atoms with Crippen LogP contribution in [0, 0.1) is 5.92 Å². The molecule has 1 aliphatic heterocycles. The van der Waals surface area contributed by atoms with E-state index < -0.39 is 5.97 Å². The first kappa shape index (κ1) is 16.1. The molecule has 126 valence electrons. The highest BCUT2D eigenvalue weighted by molar-refractivity contribution is 5.93. The molecule has 6 heteroatoms. The predicted molar refractivity (Wildman–Crippen MR) is 84.3 cm³/mol. The van der Waals surface area contributed by atoms with Gasteiger partial charge in [0, 0.05) is 24.9 Å². The van der Waals surface area contributed by atoms with Gasteiger partial charge in [-0.25, -0.2) is 0 Å². The molecule has 6 nitrogen and oxygen atoms in total. The number of nitrogens with zero attached hydrogens (tertiary/aromatic N) is 1. The minimum absolute atomic E-state index is 0.0431. The Morgan fingerprint density at radius 3 is 2.78 bits per heavy atom. The Kier molecular flexibility index (Phi) is 4.19. The molecule has 1 aromatic rings. The Morgan fingerprint density at radius 1 is 1.39 bits per heavy atom. The van der Waals surface area contributed by atoms with Crippen LogP contribution < -0.4 is 5.32 Å². The van der Waals surface area contributed by atoms with Crippen molar-refractivity contribution < 1.29 is 19.4 Å². The summed E-state index contributed by atoms with van der Waals surface area (Å²) in [6.45, 7) is 4.66. The second-order valence-corrected chi connectivity index (χ2v) is 7.03. The number of hydrogen-bond donors (Lipinski definition) is 2. The molecule has 1 spiro atoms. The third-order valence-electron chi connectivity index (χ3n) is 4.98. The van der Waals surface area contributed by atoms with Gasteiger partial charge in [-0.3, -0.25) is 9.59 Å². The third kappa shape index (κ3) is 3.13. The van der Waals surface area contributed by atoms with Crippen LogP contribution >= 0.6 is 0 Å². The number of ether oxygens (including phenoxy) is 1. The number of aliphatic carboxylic acids is 1. The van der Waals surface area contributed by atoms with E-state index in [1.54, 1.807) is 0 Å². The molecule has 0 radical (unpaired) electrons. The largest absolute Gasteiger partial charge is 0.481 e. The van der Waals surface area contributed by atoms with Gasteiger partial charge in [0.25, 0.3) is 5.91 Å². The van der Waals surface area contributed by atoms with Gasteiger partial charge in [-0.05, 0) is 51.7 Å². The maximum atomic E-state index is 12.5. The Bertz CT molecular complexity index is 601. The van der Waals surface area contributed by atoms with Crippen molar-refractivity contribution in [2.45, 2.75) is 57.2 Å². The van der Waals surface area contributed by atoms with E-state index in [9.17, 15) is 9.59 Å². The van der Waals surface area contributed by atoms with Gasteiger partial charge in [0.05, 0.1) is 11.5 Å². The van der Waals surface area contributed by atoms with Gasteiger partial charge < -0.3 is 19.7 Å². The zero-order chi connectivity index (χ0) is 16.6. The van der Waals surface area contributed by atoms with E-state index in [4.69, 9.17) is 9.84 Å². The number of carboxylic acids is 1. The van der Waals surface area contributed by atoms with E-state index in [2.05, 4.69) is 5.32 Å². The highest BCUT2D eigenvalue weighted by atomic mass is 16.5. The highest BCUT2D eigenvalue weighted by Gasteiger charge is 2.51. The first-order chi connectivity index (χ1) is 10.9. The van der Waals surface area contributed by atoms with Gasteiger partial charge in [-0.15, -0.1) is 0 Å².